The maximum atomic E-state index is 13.2. The highest BCUT2D eigenvalue weighted by atomic mass is 16.2. The fourth-order valence-electron chi connectivity index (χ4n) is 7.58. The fraction of sp³-hybridized carbons (Fsp3) is 0.913. The Bertz CT molecular complexity index is 552. The summed E-state index contributed by atoms with van der Waals surface area (Å²) in [4.78, 5) is 28.1. The minimum atomic E-state index is -0.0379. The summed E-state index contributed by atoms with van der Waals surface area (Å²) in [6.45, 7) is 1.67. The number of amides is 2. The molecule has 6 fully saturated rings. The van der Waals surface area contributed by atoms with Crippen LogP contribution in [0.4, 0.5) is 0 Å². The molecule has 1 aliphatic heterocycles. The third kappa shape index (κ3) is 3.42. The molecular formula is C23H36N2O2. The van der Waals surface area contributed by atoms with Gasteiger partial charge in [0.05, 0.1) is 0 Å². The van der Waals surface area contributed by atoms with E-state index in [4.69, 9.17) is 0 Å². The average Bonchev–Trinajstić information content (AvgIpc) is 2.68. The number of piperidine rings is 1. The summed E-state index contributed by atoms with van der Waals surface area (Å²) < 4.78 is 0. The van der Waals surface area contributed by atoms with Crippen LogP contribution in [0.1, 0.15) is 83.5 Å². The number of nitrogens with one attached hydrogen (secondary N) is 1. The lowest BCUT2D eigenvalue weighted by atomic mass is 9.49. The molecule has 6 aliphatic rings. The number of hydrogen-bond donors (Lipinski definition) is 1. The Morgan fingerprint density at radius 2 is 1.33 bits per heavy atom. The van der Waals surface area contributed by atoms with Crippen LogP contribution in [0.5, 0.6) is 0 Å². The average molecular weight is 373 g/mol. The zero-order valence-corrected chi connectivity index (χ0v) is 16.8. The molecule has 27 heavy (non-hydrogen) atoms. The number of carbonyl (C=O) groups excluding carboxylic acids is 2. The Kier molecular flexibility index (Phi) is 4.72. The van der Waals surface area contributed by atoms with Crippen LogP contribution in [0, 0.1) is 29.1 Å². The first kappa shape index (κ1) is 18.0. The van der Waals surface area contributed by atoms with Gasteiger partial charge in [0.1, 0.15) is 0 Å². The smallest absolute Gasteiger partial charge is 0.226 e. The van der Waals surface area contributed by atoms with Crippen LogP contribution in [0.15, 0.2) is 0 Å². The summed E-state index contributed by atoms with van der Waals surface area (Å²) in [5.74, 6) is 3.47. The summed E-state index contributed by atoms with van der Waals surface area (Å²) in [7, 11) is 0. The highest BCUT2D eigenvalue weighted by Gasteiger charge is 2.54. The maximum Gasteiger partial charge on any atom is 0.226 e. The minimum absolute atomic E-state index is 0.0379. The van der Waals surface area contributed by atoms with E-state index in [0.29, 0.717) is 11.8 Å². The molecule has 1 N–H and O–H groups in total. The van der Waals surface area contributed by atoms with Crippen molar-refractivity contribution in [3.05, 3.63) is 0 Å². The number of carbonyl (C=O) groups is 2. The van der Waals surface area contributed by atoms with Crippen LogP contribution < -0.4 is 5.32 Å². The van der Waals surface area contributed by atoms with E-state index in [0.717, 1.165) is 75.8 Å². The molecule has 0 aromatic heterocycles. The van der Waals surface area contributed by atoms with E-state index < -0.39 is 0 Å². The lowest BCUT2D eigenvalue weighted by molar-refractivity contribution is -0.147. The quantitative estimate of drug-likeness (QED) is 0.817. The van der Waals surface area contributed by atoms with Gasteiger partial charge in [0, 0.05) is 30.5 Å². The second-order valence-electron chi connectivity index (χ2n) is 10.6. The number of likely N-dealkylation sites (tertiary alicyclic amines) is 1. The molecule has 2 amide bonds. The van der Waals surface area contributed by atoms with E-state index >= 15 is 0 Å². The Morgan fingerprint density at radius 1 is 0.778 bits per heavy atom. The molecule has 0 atom stereocenters. The zero-order valence-electron chi connectivity index (χ0n) is 16.8. The van der Waals surface area contributed by atoms with Crippen LogP contribution in [0.25, 0.3) is 0 Å². The first-order valence-electron chi connectivity index (χ1n) is 11.7. The minimum Gasteiger partial charge on any atom is -0.353 e. The largest absolute Gasteiger partial charge is 0.353 e. The van der Waals surface area contributed by atoms with E-state index in [1.807, 2.05) is 0 Å². The molecule has 5 saturated carbocycles. The van der Waals surface area contributed by atoms with Crippen molar-refractivity contribution in [1.82, 2.24) is 10.2 Å². The molecule has 150 valence electrons. The van der Waals surface area contributed by atoms with Crippen LogP contribution in [-0.2, 0) is 9.59 Å². The molecule has 0 unspecified atom stereocenters. The van der Waals surface area contributed by atoms with Gasteiger partial charge in [-0.2, -0.15) is 0 Å². The fourth-order valence-corrected chi connectivity index (χ4v) is 7.58. The number of rotatable bonds is 3. The van der Waals surface area contributed by atoms with Crippen molar-refractivity contribution in [2.45, 2.75) is 89.5 Å². The highest BCUT2D eigenvalue weighted by Crippen LogP contribution is 2.60. The van der Waals surface area contributed by atoms with Crippen molar-refractivity contribution in [3.8, 4) is 0 Å². The third-order valence-corrected chi connectivity index (χ3v) is 8.62. The van der Waals surface area contributed by atoms with E-state index in [1.165, 1.54) is 38.5 Å². The Morgan fingerprint density at radius 3 is 1.89 bits per heavy atom. The van der Waals surface area contributed by atoms with Crippen molar-refractivity contribution >= 4 is 11.8 Å². The van der Waals surface area contributed by atoms with Gasteiger partial charge in [-0.25, -0.2) is 0 Å². The molecule has 0 radical (unpaired) electrons. The highest BCUT2D eigenvalue weighted by molar-refractivity contribution is 5.83. The normalized spacial score (nSPS) is 39.6. The topological polar surface area (TPSA) is 49.4 Å². The molecule has 1 heterocycles. The number of hydrogen-bond acceptors (Lipinski definition) is 2. The molecule has 0 aromatic carbocycles. The van der Waals surface area contributed by atoms with Crippen LogP contribution in [0.3, 0.4) is 0 Å². The van der Waals surface area contributed by atoms with Gasteiger partial charge in [-0.05, 0) is 82.0 Å². The first-order valence-corrected chi connectivity index (χ1v) is 11.7. The Hall–Kier alpha value is -1.06. The van der Waals surface area contributed by atoms with E-state index in [-0.39, 0.29) is 17.4 Å². The van der Waals surface area contributed by atoms with Crippen LogP contribution in [-0.4, -0.2) is 35.8 Å². The zero-order chi connectivity index (χ0) is 18.4. The van der Waals surface area contributed by atoms with Crippen molar-refractivity contribution in [2.24, 2.45) is 29.1 Å². The predicted molar refractivity (Wildman–Crippen MR) is 105 cm³/mol. The monoisotopic (exact) mass is 372 g/mol. The summed E-state index contributed by atoms with van der Waals surface area (Å²) in [6.07, 6.45) is 15.4. The van der Waals surface area contributed by atoms with Gasteiger partial charge in [-0.1, -0.05) is 19.3 Å². The van der Waals surface area contributed by atoms with Gasteiger partial charge >= 0.3 is 0 Å². The van der Waals surface area contributed by atoms with Gasteiger partial charge in [0.15, 0.2) is 0 Å². The van der Waals surface area contributed by atoms with Gasteiger partial charge in [-0.3, -0.25) is 9.59 Å². The molecule has 4 heteroatoms. The summed E-state index contributed by atoms with van der Waals surface area (Å²) in [6, 6.07) is 0.279. The molecular weight excluding hydrogens is 336 g/mol. The first-order chi connectivity index (χ1) is 13.1. The van der Waals surface area contributed by atoms with Gasteiger partial charge in [0.2, 0.25) is 11.8 Å². The van der Waals surface area contributed by atoms with Gasteiger partial charge in [0.25, 0.3) is 0 Å². The van der Waals surface area contributed by atoms with Gasteiger partial charge < -0.3 is 10.2 Å². The number of nitrogens with zero attached hydrogens (tertiary/aromatic N) is 1. The lowest BCUT2D eigenvalue weighted by Crippen LogP contribution is -2.56. The lowest BCUT2D eigenvalue weighted by Gasteiger charge is -2.56. The van der Waals surface area contributed by atoms with Crippen LogP contribution in [0.2, 0.25) is 0 Å². The van der Waals surface area contributed by atoms with Crippen molar-refractivity contribution < 1.29 is 9.59 Å². The summed E-state index contributed by atoms with van der Waals surface area (Å²) in [5, 5.41) is 3.44. The predicted octanol–water partition coefficient (Wildman–Crippen LogP) is 3.89. The SMILES string of the molecule is O=C(C1CCCCC1)N1CCC(NC(=O)C23CC4CC(CC(C4)C2)C3)CC1. The van der Waals surface area contributed by atoms with Crippen molar-refractivity contribution in [2.75, 3.05) is 13.1 Å². The van der Waals surface area contributed by atoms with Gasteiger partial charge in [-0.15, -0.1) is 0 Å². The standard InChI is InChI=1S/C23H36N2O2/c26-21(19-4-2-1-3-5-19)25-8-6-20(7-9-25)24-22(27)23-13-16-10-17(14-23)12-18(11-16)15-23/h16-20H,1-15H2,(H,24,27). The Labute approximate surface area is 163 Å². The van der Waals surface area contributed by atoms with Crippen molar-refractivity contribution in [1.29, 1.82) is 0 Å². The molecule has 0 aromatic rings. The third-order valence-electron chi connectivity index (χ3n) is 8.62. The van der Waals surface area contributed by atoms with Crippen LogP contribution >= 0.6 is 0 Å². The second kappa shape index (κ2) is 7.08. The summed E-state index contributed by atoms with van der Waals surface area (Å²) in [5.41, 5.74) is -0.0379. The summed E-state index contributed by atoms with van der Waals surface area (Å²) >= 11 is 0. The van der Waals surface area contributed by atoms with E-state index in [2.05, 4.69) is 10.2 Å². The maximum absolute atomic E-state index is 13.2. The molecule has 4 nitrogen and oxygen atoms in total. The Balaban J connectivity index is 1.14. The second-order valence-corrected chi connectivity index (χ2v) is 10.6. The molecule has 0 spiro atoms. The molecule has 6 rings (SSSR count). The van der Waals surface area contributed by atoms with Crippen molar-refractivity contribution in [3.63, 3.8) is 0 Å². The molecule has 1 saturated heterocycles. The molecule has 4 bridgehead atoms. The van der Waals surface area contributed by atoms with E-state index in [1.54, 1.807) is 0 Å². The molecule has 5 aliphatic carbocycles. The van der Waals surface area contributed by atoms with E-state index in [9.17, 15) is 9.59 Å².